The highest BCUT2D eigenvalue weighted by molar-refractivity contribution is 7.98. The van der Waals surface area contributed by atoms with Crippen LogP contribution in [-0.2, 0) is 5.75 Å². The molecule has 0 aliphatic carbocycles. The number of fused-ring (bicyclic) bond motifs is 1. The predicted octanol–water partition coefficient (Wildman–Crippen LogP) is 5.35. The molecule has 2 aromatic heterocycles. The molecule has 0 aliphatic rings. The van der Waals surface area contributed by atoms with Crippen LogP contribution in [0.15, 0.2) is 71.8 Å². The van der Waals surface area contributed by atoms with Crippen LogP contribution in [0.2, 0.25) is 5.02 Å². The molecule has 0 fully saturated rings. The number of ether oxygens (including phenoxy) is 1. The Balaban J connectivity index is 1.67. The number of hydrogen-bond acceptors (Lipinski definition) is 4. The van der Waals surface area contributed by atoms with E-state index in [2.05, 4.69) is 10.1 Å². The van der Waals surface area contributed by atoms with Gasteiger partial charge in [0, 0.05) is 16.3 Å². The van der Waals surface area contributed by atoms with Gasteiger partial charge in [-0.05, 0) is 23.8 Å². The summed E-state index contributed by atoms with van der Waals surface area (Å²) in [6, 6.07) is 21.7. The van der Waals surface area contributed by atoms with Crippen molar-refractivity contribution in [3.63, 3.8) is 0 Å². The van der Waals surface area contributed by atoms with Crippen LogP contribution in [0.5, 0.6) is 5.88 Å². The van der Waals surface area contributed by atoms with Crippen molar-refractivity contribution in [3.8, 4) is 17.1 Å². The largest absolute Gasteiger partial charge is 0.479 e. The van der Waals surface area contributed by atoms with E-state index in [-0.39, 0.29) is 0 Å². The molecule has 0 unspecified atom stereocenters. The van der Waals surface area contributed by atoms with E-state index in [1.54, 1.807) is 23.4 Å². The second-order valence-corrected chi connectivity index (χ2v) is 7.06. The Hall–Kier alpha value is -2.50. The Labute approximate surface area is 160 Å². The van der Waals surface area contributed by atoms with E-state index >= 15 is 0 Å². The number of thioether (sulfide) groups is 1. The van der Waals surface area contributed by atoms with Crippen molar-refractivity contribution < 1.29 is 4.74 Å². The zero-order chi connectivity index (χ0) is 17.9. The summed E-state index contributed by atoms with van der Waals surface area (Å²) in [6.45, 7) is 0. The van der Waals surface area contributed by atoms with Gasteiger partial charge < -0.3 is 4.74 Å². The molecule has 0 spiro atoms. The van der Waals surface area contributed by atoms with Crippen molar-refractivity contribution in [3.05, 3.63) is 77.3 Å². The molecule has 130 valence electrons. The van der Waals surface area contributed by atoms with Crippen LogP contribution in [0.3, 0.4) is 0 Å². The van der Waals surface area contributed by atoms with E-state index in [4.69, 9.17) is 16.3 Å². The van der Waals surface area contributed by atoms with Gasteiger partial charge in [0.25, 0.3) is 0 Å². The second-order valence-electron chi connectivity index (χ2n) is 5.66. The molecule has 0 radical (unpaired) electrons. The number of benzene rings is 2. The van der Waals surface area contributed by atoms with E-state index in [1.807, 2.05) is 66.7 Å². The average Bonchev–Trinajstić information content (AvgIpc) is 3.06. The predicted molar refractivity (Wildman–Crippen MR) is 106 cm³/mol. The fourth-order valence-electron chi connectivity index (χ4n) is 2.71. The van der Waals surface area contributed by atoms with Crippen LogP contribution in [-0.4, -0.2) is 21.7 Å². The Kier molecular flexibility index (Phi) is 4.82. The molecule has 0 aliphatic heterocycles. The van der Waals surface area contributed by atoms with E-state index in [0.29, 0.717) is 5.88 Å². The van der Waals surface area contributed by atoms with Crippen molar-refractivity contribution >= 4 is 29.0 Å². The second kappa shape index (κ2) is 7.40. The lowest BCUT2D eigenvalue weighted by Crippen LogP contribution is -1.97. The van der Waals surface area contributed by atoms with E-state index in [1.165, 1.54) is 0 Å². The molecule has 2 heterocycles. The van der Waals surface area contributed by atoms with Gasteiger partial charge in [0.05, 0.1) is 7.11 Å². The zero-order valence-electron chi connectivity index (χ0n) is 14.1. The molecular formula is C20H16ClN3OS. The molecule has 4 rings (SSSR count). The fraction of sp³-hybridized carbons (Fsp3) is 0.100. The fourth-order valence-corrected chi connectivity index (χ4v) is 3.85. The van der Waals surface area contributed by atoms with Crippen LogP contribution in [0.25, 0.3) is 16.9 Å². The van der Waals surface area contributed by atoms with E-state index in [0.717, 1.165) is 38.3 Å². The molecular weight excluding hydrogens is 366 g/mol. The minimum Gasteiger partial charge on any atom is -0.479 e. The maximum absolute atomic E-state index is 6.24. The summed E-state index contributed by atoms with van der Waals surface area (Å²) >= 11 is 7.86. The number of nitrogens with zero attached hydrogens (tertiary/aromatic N) is 3. The minimum absolute atomic E-state index is 0.631. The van der Waals surface area contributed by atoms with Crippen LogP contribution in [0, 0.1) is 0 Å². The van der Waals surface area contributed by atoms with Crippen LogP contribution in [0.1, 0.15) is 5.56 Å². The Morgan fingerprint density at radius 1 is 1.00 bits per heavy atom. The summed E-state index contributed by atoms with van der Waals surface area (Å²) in [4.78, 5) is 4.67. The average molecular weight is 382 g/mol. The summed E-state index contributed by atoms with van der Waals surface area (Å²) in [5.41, 5.74) is 3.63. The normalized spacial score (nSPS) is 11.0. The number of rotatable bonds is 5. The molecule has 4 nitrogen and oxygen atoms in total. The molecule has 0 saturated carbocycles. The third-order valence-electron chi connectivity index (χ3n) is 3.99. The van der Waals surface area contributed by atoms with Crippen molar-refractivity contribution in [2.45, 2.75) is 10.8 Å². The number of methoxy groups -OCH3 is 1. The Morgan fingerprint density at radius 3 is 2.54 bits per heavy atom. The van der Waals surface area contributed by atoms with Crippen LogP contribution < -0.4 is 4.74 Å². The van der Waals surface area contributed by atoms with Crippen molar-refractivity contribution in [1.82, 2.24) is 14.6 Å². The molecule has 0 atom stereocenters. The van der Waals surface area contributed by atoms with Crippen molar-refractivity contribution in [2.75, 3.05) is 7.11 Å². The lowest BCUT2D eigenvalue weighted by molar-refractivity contribution is 0.387. The maximum atomic E-state index is 6.24. The molecule has 4 aromatic rings. The van der Waals surface area contributed by atoms with E-state index in [9.17, 15) is 0 Å². The summed E-state index contributed by atoms with van der Waals surface area (Å²) in [7, 11) is 1.64. The zero-order valence-corrected chi connectivity index (χ0v) is 15.7. The molecule has 26 heavy (non-hydrogen) atoms. The molecule has 0 N–H and O–H groups in total. The molecule has 6 heteroatoms. The van der Waals surface area contributed by atoms with Gasteiger partial charge in [-0.3, -0.25) is 0 Å². The summed E-state index contributed by atoms with van der Waals surface area (Å²) in [5.74, 6) is 1.38. The quantitative estimate of drug-likeness (QED) is 0.437. The first kappa shape index (κ1) is 16.9. The summed E-state index contributed by atoms with van der Waals surface area (Å²) in [6.07, 6.45) is 0. The molecule has 0 amide bonds. The number of aromatic nitrogens is 3. The lowest BCUT2D eigenvalue weighted by Gasteiger charge is -2.05. The monoisotopic (exact) mass is 381 g/mol. The molecule has 0 bridgehead atoms. The number of hydrogen-bond donors (Lipinski definition) is 0. The van der Waals surface area contributed by atoms with Crippen molar-refractivity contribution in [1.29, 1.82) is 0 Å². The van der Waals surface area contributed by atoms with Gasteiger partial charge in [0.2, 0.25) is 5.88 Å². The number of imidazole rings is 1. The first-order chi connectivity index (χ1) is 12.8. The van der Waals surface area contributed by atoms with Gasteiger partial charge in [0.15, 0.2) is 5.65 Å². The molecule has 0 saturated heterocycles. The highest BCUT2D eigenvalue weighted by Crippen LogP contribution is 2.31. The third kappa shape index (κ3) is 3.28. The first-order valence-corrected chi connectivity index (χ1v) is 9.48. The van der Waals surface area contributed by atoms with E-state index < -0.39 is 0 Å². The Bertz CT molecular complexity index is 1050. The highest BCUT2D eigenvalue weighted by Gasteiger charge is 2.16. The van der Waals surface area contributed by atoms with Gasteiger partial charge in [0.1, 0.15) is 10.7 Å². The minimum atomic E-state index is 0.631. The summed E-state index contributed by atoms with van der Waals surface area (Å²) in [5, 5.41) is 6.34. The Morgan fingerprint density at radius 2 is 1.77 bits per heavy atom. The van der Waals surface area contributed by atoms with Gasteiger partial charge in [-0.15, -0.1) is 0 Å². The van der Waals surface area contributed by atoms with Gasteiger partial charge in [-0.1, -0.05) is 71.9 Å². The van der Waals surface area contributed by atoms with Gasteiger partial charge in [-0.25, -0.2) is 4.98 Å². The maximum Gasteiger partial charge on any atom is 0.243 e. The smallest absolute Gasteiger partial charge is 0.243 e. The first-order valence-electron chi connectivity index (χ1n) is 8.11. The van der Waals surface area contributed by atoms with Crippen molar-refractivity contribution in [2.24, 2.45) is 0 Å². The van der Waals surface area contributed by atoms with Gasteiger partial charge >= 0.3 is 0 Å². The highest BCUT2D eigenvalue weighted by atomic mass is 35.5. The van der Waals surface area contributed by atoms with Crippen LogP contribution >= 0.6 is 23.4 Å². The SMILES string of the molecule is COc1c(-c2ccccc2)nc2ccc(SCc3ccccc3Cl)nn12. The van der Waals surface area contributed by atoms with Gasteiger partial charge in [-0.2, -0.15) is 9.61 Å². The topological polar surface area (TPSA) is 39.4 Å². The summed E-state index contributed by atoms with van der Waals surface area (Å²) < 4.78 is 7.34. The lowest BCUT2D eigenvalue weighted by atomic mass is 10.2. The third-order valence-corrected chi connectivity index (χ3v) is 5.32. The van der Waals surface area contributed by atoms with Crippen LogP contribution in [0.4, 0.5) is 0 Å². The number of halogens is 1. The molecule has 2 aromatic carbocycles. The standard InChI is InChI=1S/C20H16ClN3OS/c1-25-20-19(14-7-3-2-4-8-14)22-17-11-12-18(23-24(17)20)26-13-15-9-5-6-10-16(15)21/h2-12H,13H2,1H3.